The number of hydrogen-bond acceptors (Lipinski definition) is 2. The fraction of sp³-hybridized carbons (Fsp3) is 0.571. The molecule has 4 heteroatoms. The van der Waals surface area contributed by atoms with Gasteiger partial charge >= 0.3 is 0 Å². The van der Waals surface area contributed by atoms with Crippen molar-refractivity contribution in [1.82, 2.24) is 5.32 Å². The molecule has 1 aromatic rings. The minimum absolute atomic E-state index is 0.282. The van der Waals surface area contributed by atoms with Gasteiger partial charge in [0.15, 0.2) is 0 Å². The van der Waals surface area contributed by atoms with Crippen molar-refractivity contribution in [1.29, 1.82) is 0 Å². The first-order chi connectivity index (χ1) is 8.70. The number of benzene rings is 1. The fourth-order valence-electron chi connectivity index (χ4n) is 2.61. The molecule has 2 unspecified atom stereocenters. The van der Waals surface area contributed by atoms with E-state index in [9.17, 15) is 5.11 Å². The van der Waals surface area contributed by atoms with Crippen molar-refractivity contribution in [3.8, 4) is 0 Å². The Hall–Kier alpha value is -0.0900. The van der Waals surface area contributed by atoms with E-state index in [1.807, 2.05) is 18.2 Å². The van der Waals surface area contributed by atoms with Crippen molar-refractivity contribution < 1.29 is 5.11 Å². The van der Waals surface area contributed by atoms with Crippen LogP contribution < -0.4 is 5.32 Å². The Balaban J connectivity index is 1.95. The van der Waals surface area contributed by atoms with Gasteiger partial charge in [0.2, 0.25) is 0 Å². The Labute approximate surface area is 122 Å². The van der Waals surface area contributed by atoms with Crippen LogP contribution in [0.2, 0.25) is 5.02 Å². The van der Waals surface area contributed by atoms with Crippen LogP contribution in [0, 0.1) is 5.92 Å². The molecule has 0 bridgehead atoms. The van der Waals surface area contributed by atoms with Crippen LogP contribution in [0.4, 0.5) is 0 Å². The maximum absolute atomic E-state index is 9.38. The van der Waals surface area contributed by atoms with Crippen LogP contribution in [-0.4, -0.2) is 17.8 Å². The Kier molecular flexibility index (Phi) is 5.49. The minimum Gasteiger partial charge on any atom is -0.396 e. The van der Waals surface area contributed by atoms with E-state index in [2.05, 4.69) is 21.2 Å². The molecule has 2 nitrogen and oxygen atoms in total. The maximum Gasteiger partial charge on any atom is 0.0474 e. The molecule has 0 spiro atoms. The third kappa shape index (κ3) is 3.70. The highest BCUT2D eigenvalue weighted by atomic mass is 79.9. The Morgan fingerprint density at radius 3 is 2.89 bits per heavy atom. The zero-order valence-electron chi connectivity index (χ0n) is 10.3. The summed E-state index contributed by atoms with van der Waals surface area (Å²) >= 11 is 9.64. The summed E-state index contributed by atoms with van der Waals surface area (Å²) in [5.41, 5.74) is 1.10. The average Bonchev–Trinajstić information content (AvgIpc) is 2.40. The van der Waals surface area contributed by atoms with Gasteiger partial charge in [0.1, 0.15) is 0 Å². The molecule has 0 aliphatic heterocycles. The van der Waals surface area contributed by atoms with Gasteiger partial charge in [-0.15, -0.1) is 0 Å². The first-order valence-corrected chi connectivity index (χ1v) is 7.66. The first kappa shape index (κ1) is 14.3. The molecule has 1 saturated carbocycles. The van der Waals surface area contributed by atoms with Crippen LogP contribution >= 0.6 is 27.5 Å². The molecule has 1 fully saturated rings. The predicted octanol–water partition coefficient (Wildman–Crippen LogP) is 3.74. The van der Waals surface area contributed by atoms with E-state index in [4.69, 9.17) is 11.6 Å². The van der Waals surface area contributed by atoms with Gasteiger partial charge in [-0.2, -0.15) is 0 Å². The first-order valence-electron chi connectivity index (χ1n) is 6.49. The number of aliphatic hydroxyl groups excluding tert-OH is 1. The average molecular weight is 333 g/mol. The zero-order valence-corrected chi connectivity index (χ0v) is 12.7. The molecular formula is C14H19BrClNO. The molecule has 2 rings (SSSR count). The Morgan fingerprint density at radius 1 is 1.33 bits per heavy atom. The van der Waals surface area contributed by atoms with E-state index in [1.54, 1.807) is 0 Å². The van der Waals surface area contributed by atoms with Gasteiger partial charge in [0.05, 0.1) is 0 Å². The van der Waals surface area contributed by atoms with Gasteiger partial charge in [-0.3, -0.25) is 0 Å². The van der Waals surface area contributed by atoms with Gasteiger partial charge in [-0.05, 0) is 42.5 Å². The molecule has 18 heavy (non-hydrogen) atoms. The van der Waals surface area contributed by atoms with Crippen LogP contribution in [0.25, 0.3) is 0 Å². The Bertz CT molecular complexity index is 399. The van der Waals surface area contributed by atoms with Crippen molar-refractivity contribution in [3.05, 3.63) is 33.3 Å². The second-order valence-electron chi connectivity index (χ2n) is 4.95. The summed E-state index contributed by atoms with van der Waals surface area (Å²) in [6, 6.07) is 6.32. The molecule has 0 radical (unpaired) electrons. The second-order valence-corrected chi connectivity index (χ2v) is 6.27. The highest BCUT2D eigenvalue weighted by Crippen LogP contribution is 2.25. The summed E-state index contributed by atoms with van der Waals surface area (Å²) in [5.74, 6) is 0.393. The van der Waals surface area contributed by atoms with Gasteiger partial charge in [-0.1, -0.05) is 40.4 Å². The molecule has 1 aliphatic rings. The smallest absolute Gasteiger partial charge is 0.0474 e. The molecule has 2 N–H and O–H groups in total. The predicted molar refractivity (Wildman–Crippen MR) is 78.8 cm³/mol. The fourth-order valence-corrected chi connectivity index (χ4v) is 3.21. The molecule has 0 amide bonds. The number of aliphatic hydroxyl groups is 1. The van der Waals surface area contributed by atoms with Gasteiger partial charge < -0.3 is 10.4 Å². The van der Waals surface area contributed by atoms with Crippen LogP contribution in [0.1, 0.15) is 31.2 Å². The van der Waals surface area contributed by atoms with Crippen LogP contribution in [0.5, 0.6) is 0 Å². The largest absolute Gasteiger partial charge is 0.396 e. The van der Waals surface area contributed by atoms with Crippen molar-refractivity contribution in [2.45, 2.75) is 38.3 Å². The summed E-state index contributed by atoms with van der Waals surface area (Å²) in [6.07, 6.45) is 4.76. The van der Waals surface area contributed by atoms with E-state index in [1.165, 1.54) is 12.8 Å². The van der Waals surface area contributed by atoms with Crippen molar-refractivity contribution in [2.75, 3.05) is 6.61 Å². The summed E-state index contributed by atoms with van der Waals surface area (Å²) in [7, 11) is 0. The summed E-state index contributed by atoms with van der Waals surface area (Å²) in [4.78, 5) is 0. The van der Waals surface area contributed by atoms with Crippen LogP contribution in [0.15, 0.2) is 22.7 Å². The van der Waals surface area contributed by atoms with E-state index >= 15 is 0 Å². The molecular weight excluding hydrogens is 314 g/mol. The van der Waals surface area contributed by atoms with Gasteiger partial charge in [0, 0.05) is 28.7 Å². The standard InChI is InChI=1S/C14H19BrClNO/c15-12-5-6-13(16)11(7-12)8-17-14-4-2-1-3-10(14)9-18/h5-7,10,14,17-18H,1-4,8-9H2. The maximum atomic E-state index is 9.38. The highest BCUT2D eigenvalue weighted by Gasteiger charge is 2.23. The van der Waals surface area contributed by atoms with Gasteiger partial charge in [0.25, 0.3) is 0 Å². The van der Waals surface area contributed by atoms with Crippen LogP contribution in [0.3, 0.4) is 0 Å². The monoisotopic (exact) mass is 331 g/mol. The lowest BCUT2D eigenvalue weighted by Crippen LogP contribution is -2.39. The summed E-state index contributed by atoms with van der Waals surface area (Å²) < 4.78 is 1.05. The lowest BCUT2D eigenvalue weighted by Gasteiger charge is -2.31. The van der Waals surface area contributed by atoms with Crippen LogP contribution in [-0.2, 0) is 6.54 Å². The molecule has 0 aromatic heterocycles. The zero-order chi connectivity index (χ0) is 13.0. The topological polar surface area (TPSA) is 32.3 Å². The van der Waals surface area contributed by atoms with Crippen molar-refractivity contribution in [2.24, 2.45) is 5.92 Å². The second kappa shape index (κ2) is 6.90. The molecule has 1 aromatic carbocycles. The molecule has 0 saturated heterocycles. The molecule has 0 heterocycles. The Morgan fingerprint density at radius 2 is 2.11 bits per heavy atom. The molecule has 100 valence electrons. The molecule has 1 aliphatic carbocycles. The highest BCUT2D eigenvalue weighted by molar-refractivity contribution is 9.10. The quantitative estimate of drug-likeness (QED) is 0.880. The summed E-state index contributed by atoms with van der Waals surface area (Å²) in [6.45, 7) is 1.04. The van der Waals surface area contributed by atoms with Gasteiger partial charge in [-0.25, -0.2) is 0 Å². The van der Waals surface area contributed by atoms with Crippen molar-refractivity contribution >= 4 is 27.5 Å². The number of rotatable bonds is 4. The van der Waals surface area contributed by atoms with Crippen molar-refractivity contribution in [3.63, 3.8) is 0 Å². The third-order valence-electron chi connectivity index (χ3n) is 3.71. The van der Waals surface area contributed by atoms with E-state index in [0.717, 1.165) is 34.4 Å². The van der Waals surface area contributed by atoms with E-state index in [0.29, 0.717) is 12.0 Å². The molecule has 2 atom stereocenters. The minimum atomic E-state index is 0.282. The number of hydrogen-bond donors (Lipinski definition) is 2. The third-order valence-corrected chi connectivity index (χ3v) is 4.57. The normalized spacial score (nSPS) is 24.2. The summed E-state index contributed by atoms with van der Waals surface area (Å²) in [5, 5.41) is 13.7. The SMILES string of the molecule is OCC1CCCCC1NCc1cc(Br)ccc1Cl. The lowest BCUT2D eigenvalue weighted by molar-refractivity contribution is 0.152. The van der Waals surface area contributed by atoms with E-state index in [-0.39, 0.29) is 6.61 Å². The number of nitrogens with one attached hydrogen (secondary N) is 1. The number of halogens is 2. The van der Waals surface area contributed by atoms with E-state index < -0.39 is 0 Å². The lowest BCUT2D eigenvalue weighted by atomic mass is 9.85.